The van der Waals surface area contributed by atoms with Crippen LogP contribution in [-0.2, 0) is 29.1 Å². The van der Waals surface area contributed by atoms with Crippen LogP contribution in [-0.4, -0.2) is 89.2 Å². The molecule has 2 atom stereocenters. The van der Waals surface area contributed by atoms with Crippen LogP contribution >= 0.6 is 11.6 Å². The molecule has 5 rings (SSSR count). The highest BCUT2D eigenvalue weighted by Gasteiger charge is 2.50. The highest BCUT2D eigenvalue weighted by atomic mass is 35.5. The van der Waals surface area contributed by atoms with E-state index in [0.29, 0.717) is 11.6 Å². The highest BCUT2D eigenvalue weighted by molar-refractivity contribution is 6.30. The lowest BCUT2D eigenvalue weighted by molar-refractivity contribution is -0.187. The molecule has 0 unspecified atom stereocenters. The Morgan fingerprint density at radius 3 is 2.43 bits per heavy atom. The van der Waals surface area contributed by atoms with E-state index in [0.717, 1.165) is 22.4 Å². The van der Waals surface area contributed by atoms with Gasteiger partial charge in [0.15, 0.2) is 0 Å². The number of phenolic OH excluding ortho intramolecular Hbond substituents is 1. The smallest absolute Gasteiger partial charge is 0.334 e. The molecule has 0 bridgehead atoms. The number of likely N-dealkylation sites (N-methyl/N-ethyl adjacent to an activating group) is 1. The number of amides is 4. The lowest BCUT2D eigenvalue weighted by Crippen LogP contribution is -2.76. The predicted octanol–water partition coefficient (Wildman–Crippen LogP) is 3.29. The summed E-state index contributed by atoms with van der Waals surface area (Å²) in [6, 6.07) is 20.5. The minimum atomic E-state index is -0.839. The third-order valence-electron chi connectivity index (χ3n) is 7.69. The standard InChI is InChI=1S/C31H35ClN6O4/c1-34(2)26-16-24(32)12-11-23(26)18-36-19-28-37(27(30(36)41)15-21-9-13-25(39)14-10-21)29(40)20-35(3)38(28)31(42)33-17-22-7-5-4-6-8-22/h4-14,16,27-28,39H,15,17-20H2,1-3H3,(H,33,42)/t27-,28-/m0/s1. The van der Waals surface area contributed by atoms with Crippen LogP contribution in [0, 0.1) is 0 Å². The van der Waals surface area contributed by atoms with Crippen molar-refractivity contribution in [2.45, 2.75) is 31.7 Å². The Hall–Kier alpha value is -4.28. The number of anilines is 1. The first-order valence-corrected chi connectivity index (χ1v) is 14.2. The van der Waals surface area contributed by atoms with E-state index in [1.54, 1.807) is 57.2 Å². The molecule has 0 spiro atoms. The van der Waals surface area contributed by atoms with E-state index in [9.17, 15) is 19.5 Å². The van der Waals surface area contributed by atoms with Gasteiger partial charge in [-0.05, 0) is 41.0 Å². The first kappa shape index (κ1) is 29.2. The molecule has 11 heteroatoms. The van der Waals surface area contributed by atoms with Gasteiger partial charge < -0.3 is 25.1 Å². The average molecular weight is 591 g/mol. The van der Waals surface area contributed by atoms with Crippen molar-refractivity contribution < 1.29 is 19.5 Å². The Morgan fingerprint density at radius 2 is 1.74 bits per heavy atom. The molecule has 0 aliphatic carbocycles. The van der Waals surface area contributed by atoms with E-state index in [1.165, 1.54) is 0 Å². The Morgan fingerprint density at radius 1 is 1.02 bits per heavy atom. The fraction of sp³-hybridized carbons (Fsp3) is 0.323. The van der Waals surface area contributed by atoms with Crippen molar-refractivity contribution in [1.82, 2.24) is 25.1 Å². The molecular weight excluding hydrogens is 556 g/mol. The van der Waals surface area contributed by atoms with Crippen LogP contribution in [0.15, 0.2) is 72.8 Å². The number of fused-ring (bicyclic) bond motifs is 1. The Labute approximate surface area is 250 Å². The van der Waals surface area contributed by atoms with Gasteiger partial charge in [0.25, 0.3) is 0 Å². The number of rotatable bonds is 7. The summed E-state index contributed by atoms with van der Waals surface area (Å²) in [6.07, 6.45) is -0.482. The van der Waals surface area contributed by atoms with Gasteiger partial charge in [0.2, 0.25) is 11.8 Å². The number of nitrogens with one attached hydrogen (secondary N) is 1. The first-order chi connectivity index (χ1) is 20.1. The van der Waals surface area contributed by atoms with Gasteiger partial charge in [-0.3, -0.25) is 9.59 Å². The van der Waals surface area contributed by atoms with Crippen LogP contribution < -0.4 is 10.2 Å². The van der Waals surface area contributed by atoms with Crippen LogP contribution in [0.4, 0.5) is 10.5 Å². The summed E-state index contributed by atoms with van der Waals surface area (Å²) in [6.45, 7) is 0.685. The number of hydrogen-bond donors (Lipinski definition) is 2. The molecule has 0 saturated carbocycles. The van der Waals surface area contributed by atoms with Gasteiger partial charge in [-0.1, -0.05) is 60.1 Å². The van der Waals surface area contributed by atoms with E-state index in [-0.39, 0.29) is 49.7 Å². The second-order valence-corrected chi connectivity index (χ2v) is 11.3. The van der Waals surface area contributed by atoms with E-state index in [1.807, 2.05) is 61.5 Å². The van der Waals surface area contributed by atoms with Crippen LogP contribution in [0.1, 0.15) is 16.7 Å². The van der Waals surface area contributed by atoms with Crippen molar-refractivity contribution in [1.29, 1.82) is 0 Å². The summed E-state index contributed by atoms with van der Waals surface area (Å²) in [5.41, 5.74) is 3.51. The predicted molar refractivity (Wildman–Crippen MR) is 161 cm³/mol. The minimum Gasteiger partial charge on any atom is -0.508 e. The largest absolute Gasteiger partial charge is 0.508 e. The fourth-order valence-corrected chi connectivity index (χ4v) is 5.82. The van der Waals surface area contributed by atoms with Gasteiger partial charge in [0.05, 0.1) is 13.1 Å². The zero-order valence-corrected chi connectivity index (χ0v) is 24.7. The summed E-state index contributed by atoms with van der Waals surface area (Å²) in [5, 5.41) is 16.5. The number of benzene rings is 3. The summed E-state index contributed by atoms with van der Waals surface area (Å²) >= 11 is 6.28. The summed E-state index contributed by atoms with van der Waals surface area (Å²) < 4.78 is 0. The molecule has 2 aliphatic heterocycles. The molecule has 2 fully saturated rings. The number of piperazine rings is 1. The second-order valence-electron chi connectivity index (χ2n) is 10.9. The Kier molecular flexibility index (Phi) is 8.56. The minimum absolute atomic E-state index is 0.0451. The van der Waals surface area contributed by atoms with Crippen LogP contribution in [0.3, 0.4) is 0 Å². The third kappa shape index (κ3) is 6.14. The molecule has 3 aromatic rings. The number of hydrazine groups is 1. The third-order valence-corrected chi connectivity index (χ3v) is 7.92. The maximum atomic E-state index is 14.1. The van der Waals surface area contributed by atoms with Gasteiger partial charge in [-0.25, -0.2) is 14.8 Å². The molecule has 3 aromatic carbocycles. The first-order valence-electron chi connectivity index (χ1n) is 13.8. The molecule has 10 nitrogen and oxygen atoms in total. The summed E-state index contributed by atoms with van der Waals surface area (Å²) in [4.78, 5) is 46.5. The van der Waals surface area contributed by atoms with Crippen molar-refractivity contribution in [2.24, 2.45) is 0 Å². The normalized spacial score (nSPS) is 19.1. The molecule has 2 heterocycles. The number of carbonyl (C=O) groups is 3. The zero-order chi connectivity index (χ0) is 30.0. The van der Waals surface area contributed by atoms with Gasteiger partial charge in [-0.15, -0.1) is 0 Å². The number of urea groups is 1. The highest BCUT2D eigenvalue weighted by Crippen LogP contribution is 2.31. The molecule has 4 amide bonds. The average Bonchev–Trinajstić information content (AvgIpc) is 2.96. The van der Waals surface area contributed by atoms with E-state index in [2.05, 4.69) is 5.32 Å². The van der Waals surface area contributed by atoms with Gasteiger partial charge >= 0.3 is 6.03 Å². The van der Waals surface area contributed by atoms with E-state index >= 15 is 0 Å². The number of nitrogens with zero attached hydrogens (tertiary/aromatic N) is 5. The van der Waals surface area contributed by atoms with Crippen molar-refractivity contribution in [3.05, 3.63) is 94.5 Å². The molecule has 0 aromatic heterocycles. The SMILES string of the molecule is CN(C)c1cc(Cl)ccc1CN1C[C@H]2N(C(=O)CN(C)N2C(=O)NCc2ccccc2)[C@@H](Cc2ccc(O)cc2)C1=O. The van der Waals surface area contributed by atoms with Crippen LogP contribution in [0.5, 0.6) is 5.75 Å². The molecule has 220 valence electrons. The lowest BCUT2D eigenvalue weighted by atomic mass is 9.98. The molecule has 42 heavy (non-hydrogen) atoms. The quantitative estimate of drug-likeness (QED) is 0.438. The van der Waals surface area contributed by atoms with Crippen molar-refractivity contribution in [2.75, 3.05) is 39.1 Å². The Bertz CT molecular complexity index is 1450. The monoisotopic (exact) mass is 590 g/mol. The second kappa shape index (κ2) is 12.3. The Balaban J connectivity index is 1.49. The number of carbonyl (C=O) groups excluding carboxylic acids is 3. The number of aromatic hydroxyl groups is 1. The zero-order valence-electron chi connectivity index (χ0n) is 23.9. The van der Waals surface area contributed by atoms with E-state index in [4.69, 9.17) is 11.6 Å². The molecule has 2 N–H and O–H groups in total. The van der Waals surface area contributed by atoms with Gasteiger partial charge in [0.1, 0.15) is 18.0 Å². The van der Waals surface area contributed by atoms with Crippen LogP contribution in [0.2, 0.25) is 5.02 Å². The number of phenols is 1. The maximum absolute atomic E-state index is 14.1. The van der Waals surface area contributed by atoms with Crippen LogP contribution in [0.25, 0.3) is 0 Å². The summed E-state index contributed by atoms with van der Waals surface area (Å²) in [7, 11) is 5.53. The number of halogens is 1. The molecule has 0 radical (unpaired) electrons. The summed E-state index contributed by atoms with van der Waals surface area (Å²) in [5.74, 6) is -0.322. The van der Waals surface area contributed by atoms with Crippen molar-refractivity contribution in [3.63, 3.8) is 0 Å². The molecule has 2 aliphatic rings. The molecule has 2 saturated heterocycles. The van der Waals surface area contributed by atoms with Gasteiger partial charge in [-0.2, -0.15) is 0 Å². The molecular formula is C31H35ClN6O4. The topological polar surface area (TPSA) is 99.7 Å². The van der Waals surface area contributed by atoms with E-state index < -0.39 is 12.2 Å². The van der Waals surface area contributed by atoms with Gasteiger partial charge in [0, 0.05) is 51.4 Å². The van der Waals surface area contributed by atoms with Crippen molar-refractivity contribution in [3.8, 4) is 5.75 Å². The number of hydrogen-bond acceptors (Lipinski definition) is 6. The lowest BCUT2D eigenvalue weighted by Gasteiger charge is -2.54. The van der Waals surface area contributed by atoms with Crippen molar-refractivity contribution >= 4 is 35.1 Å². The fourth-order valence-electron chi connectivity index (χ4n) is 5.65. The maximum Gasteiger partial charge on any atom is 0.334 e.